The summed E-state index contributed by atoms with van der Waals surface area (Å²) < 4.78 is 6.37. The van der Waals surface area contributed by atoms with Crippen molar-refractivity contribution in [3.8, 4) is 0 Å². The highest BCUT2D eigenvalue weighted by atomic mass is 16.5. The molecule has 0 amide bonds. The van der Waals surface area contributed by atoms with Crippen molar-refractivity contribution in [2.45, 2.75) is 210 Å². The standard InChI is InChI=1S/C48H80O2/c1-10-11-12-13-14-15-16-17-18-19-20-21-22-23-24-28-44(49)50-43-33-34-46(7)40-32-36-47(8)39(38(4)27-25-26-37(2)3)31-35-48(47,9)41(40)29-30-42(46)45(43,5)6/h14-15,17-18,26,38-39,42-43H,10-13,16,19-25,27-36H2,1-9H3/b15-14-,18-17-/t38-,39-,42+,43+,46-,47-,48+/m1/s1. The first-order valence-electron chi connectivity index (χ1n) is 21.7. The molecule has 2 saturated carbocycles. The Kier molecular flexibility index (Phi) is 15.2. The van der Waals surface area contributed by atoms with Crippen LogP contribution in [0.5, 0.6) is 0 Å². The van der Waals surface area contributed by atoms with Crippen molar-refractivity contribution in [1.29, 1.82) is 0 Å². The molecule has 2 fully saturated rings. The minimum Gasteiger partial charge on any atom is -0.462 e. The van der Waals surface area contributed by atoms with E-state index in [-0.39, 0.29) is 22.9 Å². The van der Waals surface area contributed by atoms with Gasteiger partial charge in [-0.3, -0.25) is 4.79 Å². The van der Waals surface area contributed by atoms with Gasteiger partial charge in [-0.25, -0.2) is 0 Å². The number of unbranched alkanes of at least 4 members (excludes halogenated alkanes) is 8. The normalized spacial score (nSPS) is 32.5. The summed E-state index contributed by atoms with van der Waals surface area (Å²) in [6, 6.07) is 0. The maximum Gasteiger partial charge on any atom is 0.306 e. The average Bonchev–Trinajstić information content (AvgIpc) is 3.35. The number of allylic oxidation sites excluding steroid dienone is 8. The van der Waals surface area contributed by atoms with E-state index in [2.05, 4.69) is 92.7 Å². The summed E-state index contributed by atoms with van der Waals surface area (Å²) in [7, 11) is 0. The van der Waals surface area contributed by atoms with Crippen LogP contribution in [-0.4, -0.2) is 12.1 Å². The summed E-state index contributed by atoms with van der Waals surface area (Å²) in [5.74, 6) is 2.26. The van der Waals surface area contributed by atoms with Gasteiger partial charge in [-0.05, 0) is 151 Å². The van der Waals surface area contributed by atoms with Crippen LogP contribution in [0.25, 0.3) is 0 Å². The van der Waals surface area contributed by atoms with Crippen molar-refractivity contribution >= 4 is 5.97 Å². The summed E-state index contributed by atoms with van der Waals surface area (Å²) >= 11 is 0. The van der Waals surface area contributed by atoms with Crippen LogP contribution in [0.1, 0.15) is 204 Å². The van der Waals surface area contributed by atoms with Crippen LogP contribution in [0.3, 0.4) is 0 Å². The lowest BCUT2D eigenvalue weighted by molar-refractivity contribution is -0.170. The Morgan fingerprint density at radius 3 is 2.16 bits per heavy atom. The lowest BCUT2D eigenvalue weighted by Crippen LogP contribution is -2.55. The number of fused-ring (bicyclic) bond motifs is 4. The highest BCUT2D eigenvalue weighted by Gasteiger charge is 2.63. The highest BCUT2D eigenvalue weighted by Crippen LogP contribution is 2.72. The number of carbonyl (C=O) groups is 1. The zero-order valence-corrected chi connectivity index (χ0v) is 34.6. The Balaban J connectivity index is 1.23. The molecule has 0 spiro atoms. The molecule has 0 aromatic carbocycles. The molecule has 2 nitrogen and oxygen atoms in total. The third kappa shape index (κ3) is 9.31. The second kappa shape index (κ2) is 18.5. The van der Waals surface area contributed by atoms with Gasteiger partial charge in [-0.2, -0.15) is 0 Å². The van der Waals surface area contributed by atoms with Gasteiger partial charge in [0.05, 0.1) is 0 Å². The fourth-order valence-electron chi connectivity index (χ4n) is 12.0. The highest BCUT2D eigenvalue weighted by molar-refractivity contribution is 5.69. The molecule has 0 N–H and O–H groups in total. The zero-order chi connectivity index (χ0) is 36.4. The minimum atomic E-state index is 0.0128. The number of esters is 1. The molecule has 2 heteroatoms. The lowest BCUT2D eigenvalue weighted by Gasteiger charge is -2.62. The smallest absolute Gasteiger partial charge is 0.306 e. The predicted octanol–water partition coefficient (Wildman–Crippen LogP) is 14.8. The molecule has 0 aromatic heterocycles. The quantitative estimate of drug-likeness (QED) is 0.0767. The van der Waals surface area contributed by atoms with Gasteiger partial charge in [0.25, 0.3) is 0 Å². The minimum absolute atomic E-state index is 0.0128. The summed E-state index contributed by atoms with van der Waals surface area (Å²) in [4.78, 5) is 13.1. The van der Waals surface area contributed by atoms with E-state index in [4.69, 9.17) is 4.74 Å². The summed E-state index contributed by atoms with van der Waals surface area (Å²) in [6.45, 7) is 22.2. The maximum atomic E-state index is 13.1. The number of hydrogen-bond acceptors (Lipinski definition) is 2. The average molecular weight is 689 g/mol. The van der Waals surface area contributed by atoms with Crippen molar-refractivity contribution in [3.63, 3.8) is 0 Å². The largest absolute Gasteiger partial charge is 0.462 e. The Bertz CT molecular complexity index is 1210. The molecular weight excluding hydrogens is 609 g/mol. The Labute approximate surface area is 310 Å². The van der Waals surface area contributed by atoms with Crippen LogP contribution in [0.4, 0.5) is 0 Å². The van der Waals surface area contributed by atoms with Gasteiger partial charge in [0.2, 0.25) is 0 Å². The monoisotopic (exact) mass is 689 g/mol. The molecule has 0 radical (unpaired) electrons. The van der Waals surface area contributed by atoms with Crippen molar-refractivity contribution in [1.82, 2.24) is 0 Å². The maximum absolute atomic E-state index is 13.1. The van der Waals surface area contributed by atoms with Crippen LogP contribution in [0.2, 0.25) is 0 Å². The Morgan fingerprint density at radius 2 is 1.46 bits per heavy atom. The molecule has 0 unspecified atom stereocenters. The van der Waals surface area contributed by atoms with E-state index in [0.717, 1.165) is 37.5 Å². The molecular formula is C48H80O2. The van der Waals surface area contributed by atoms with Gasteiger partial charge in [-0.15, -0.1) is 0 Å². The van der Waals surface area contributed by atoms with Gasteiger partial charge < -0.3 is 4.74 Å². The van der Waals surface area contributed by atoms with Gasteiger partial charge in [0, 0.05) is 11.8 Å². The molecule has 4 rings (SSSR count). The number of hydrogen-bond donors (Lipinski definition) is 0. The molecule has 0 saturated heterocycles. The molecule has 7 atom stereocenters. The van der Waals surface area contributed by atoms with Crippen LogP contribution < -0.4 is 0 Å². The third-order valence-corrected chi connectivity index (χ3v) is 15.2. The number of ether oxygens (including phenoxy) is 1. The van der Waals surface area contributed by atoms with Crippen molar-refractivity contribution < 1.29 is 9.53 Å². The first-order chi connectivity index (χ1) is 23.8. The fourth-order valence-corrected chi connectivity index (χ4v) is 12.0. The number of rotatable bonds is 19. The van der Waals surface area contributed by atoms with Gasteiger partial charge in [0.15, 0.2) is 0 Å². The van der Waals surface area contributed by atoms with E-state index >= 15 is 0 Å². The lowest BCUT2D eigenvalue weighted by atomic mass is 9.43. The molecule has 50 heavy (non-hydrogen) atoms. The summed E-state index contributed by atoms with van der Waals surface area (Å²) in [5, 5.41) is 0. The van der Waals surface area contributed by atoms with E-state index in [0.29, 0.717) is 23.2 Å². The van der Waals surface area contributed by atoms with Crippen molar-refractivity contribution in [3.05, 3.63) is 47.1 Å². The Morgan fingerprint density at radius 1 is 0.780 bits per heavy atom. The molecule has 0 bridgehead atoms. The molecule has 0 heterocycles. The first-order valence-corrected chi connectivity index (χ1v) is 21.7. The summed E-state index contributed by atoms with van der Waals surface area (Å²) in [5.41, 5.74) is 6.20. The van der Waals surface area contributed by atoms with E-state index < -0.39 is 0 Å². The molecule has 284 valence electrons. The molecule has 0 aliphatic heterocycles. The third-order valence-electron chi connectivity index (χ3n) is 15.2. The topological polar surface area (TPSA) is 26.3 Å². The SMILES string of the molecule is CCCCC/C=C\C/C=C\CCCCCCCC(=O)O[C@H]1CC[C@]2(C)C3=C(CC[C@H]2C1(C)C)[C@]1(C)CC[C@H]([C@H](C)CCC=C(C)C)[C@@]1(C)CC3. The van der Waals surface area contributed by atoms with E-state index in [1.807, 2.05) is 11.1 Å². The zero-order valence-electron chi connectivity index (χ0n) is 34.6. The van der Waals surface area contributed by atoms with Gasteiger partial charge in [0.1, 0.15) is 6.10 Å². The van der Waals surface area contributed by atoms with E-state index in [1.54, 1.807) is 0 Å². The van der Waals surface area contributed by atoms with E-state index in [9.17, 15) is 4.79 Å². The Hall–Kier alpha value is -1.57. The second-order valence-electron chi connectivity index (χ2n) is 19.0. The number of carbonyl (C=O) groups excluding carboxylic acids is 1. The van der Waals surface area contributed by atoms with Gasteiger partial charge in [-0.1, -0.05) is 128 Å². The van der Waals surface area contributed by atoms with Crippen LogP contribution >= 0.6 is 0 Å². The molecule has 4 aliphatic carbocycles. The second-order valence-corrected chi connectivity index (χ2v) is 19.0. The van der Waals surface area contributed by atoms with Gasteiger partial charge >= 0.3 is 5.97 Å². The van der Waals surface area contributed by atoms with Crippen molar-refractivity contribution in [2.24, 2.45) is 39.4 Å². The first kappa shape index (κ1) is 41.2. The van der Waals surface area contributed by atoms with Crippen LogP contribution in [0.15, 0.2) is 47.1 Å². The summed E-state index contributed by atoms with van der Waals surface area (Å²) in [6.07, 6.45) is 38.4. The fraction of sp³-hybridized carbons (Fsp3) is 0.812. The van der Waals surface area contributed by atoms with Crippen LogP contribution in [0, 0.1) is 39.4 Å². The molecule has 4 aliphatic rings. The van der Waals surface area contributed by atoms with Crippen molar-refractivity contribution in [2.75, 3.05) is 0 Å². The van der Waals surface area contributed by atoms with E-state index in [1.165, 1.54) is 115 Å². The predicted molar refractivity (Wildman–Crippen MR) is 216 cm³/mol. The molecule has 0 aromatic rings. The van der Waals surface area contributed by atoms with Crippen LogP contribution in [-0.2, 0) is 9.53 Å².